The standard InChI is InChI=1S/C31H36O3/c32-26-15-11-23(12-16-26)31(24-13-17-29(33)27(19-24)21-7-3-1-4-8-21)25-14-18-30(34)28(20-25)22-9-5-2-6-10-22/h11-22,31-34H,1-10H2. The minimum absolute atomic E-state index is 0.0357. The Morgan fingerprint density at radius 2 is 0.912 bits per heavy atom. The topological polar surface area (TPSA) is 60.7 Å². The van der Waals surface area contributed by atoms with Crippen molar-refractivity contribution in [3.63, 3.8) is 0 Å². The van der Waals surface area contributed by atoms with Gasteiger partial charge in [-0.05, 0) is 89.6 Å². The molecule has 178 valence electrons. The van der Waals surface area contributed by atoms with Crippen LogP contribution in [-0.2, 0) is 0 Å². The van der Waals surface area contributed by atoms with Crippen molar-refractivity contribution >= 4 is 0 Å². The average molecular weight is 457 g/mol. The Hall–Kier alpha value is -2.94. The monoisotopic (exact) mass is 456 g/mol. The molecule has 2 saturated carbocycles. The molecule has 0 atom stereocenters. The van der Waals surface area contributed by atoms with Gasteiger partial charge in [0.15, 0.2) is 0 Å². The third-order valence-corrected chi connectivity index (χ3v) is 8.09. The molecule has 0 heterocycles. The maximum absolute atomic E-state index is 10.7. The molecular weight excluding hydrogens is 420 g/mol. The molecule has 3 heteroatoms. The van der Waals surface area contributed by atoms with Crippen molar-refractivity contribution in [2.75, 3.05) is 0 Å². The molecule has 0 unspecified atom stereocenters. The van der Waals surface area contributed by atoms with Gasteiger partial charge in [-0.3, -0.25) is 0 Å². The Morgan fingerprint density at radius 1 is 0.500 bits per heavy atom. The van der Waals surface area contributed by atoms with Crippen molar-refractivity contribution < 1.29 is 15.3 Å². The molecule has 3 aromatic rings. The molecule has 3 nitrogen and oxygen atoms in total. The molecule has 0 spiro atoms. The summed E-state index contributed by atoms with van der Waals surface area (Å²) in [6, 6.07) is 19.6. The van der Waals surface area contributed by atoms with Crippen LogP contribution in [0.25, 0.3) is 0 Å². The van der Waals surface area contributed by atoms with Crippen molar-refractivity contribution in [1.82, 2.24) is 0 Å². The molecule has 0 bridgehead atoms. The Bertz CT molecular complexity index is 1040. The molecule has 0 amide bonds. The SMILES string of the molecule is Oc1ccc(C(c2ccc(O)c(C3CCCCC3)c2)c2ccc(O)c(C3CCCCC3)c2)cc1. The van der Waals surface area contributed by atoms with Gasteiger partial charge in [-0.25, -0.2) is 0 Å². The maximum atomic E-state index is 10.7. The first-order chi connectivity index (χ1) is 16.6. The van der Waals surface area contributed by atoms with E-state index in [1.54, 1.807) is 12.1 Å². The maximum Gasteiger partial charge on any atom is 0.119 e. The van der Waals surface area contributed by atoms with Crippen molar-refractivity contribution in [2.24, 2.45) is 0 Å². The van der Waals surface area contributed by atoms with Gasteiger partial charge in [0, 0.05) is 5.92 Å². The molecule has 0 radical (unpaired) electrons. The smallest absolute Gasteiger partial charge is 0.119 e. The highest BCUT2D eigenvalue weighted by molar-refractivity contribution is 5.51. The van der Waals surface area contributed by atoms with Crippen LogP contribution in [0.3, 0.4) is 0 Å². The number of phenols is 3. The average Bonchev–Trinajstić information content (AvgIpc) is 2.88. The highest BCUT2D eigenvalue weighted by Gasteiger charge is 2.25. The van der Waals surface area contributed by atoms with Crippen LogP contribution in [0.15, 0.2) is 60.7 Å². The molecule has 34 heavy (non-hydrogen) atoms. The summed E-state index contributed by atoms with van der Waals surface area (Å²) in [6.45, 7) is 0. The Balaban J connectivity index is 1.59. The fraction of sp³-hybridized carbons (Fsp3) is 0.419. The van der Waals surface area contributed by atoms with E-state index in [2.05, 4.69) is 12.1 Å². The third-order valence-electron chi connectivity index (χ3n) is 8.09. The van der Waals surface area contributed by atoms with Crippen LogP contribution >= 0.6 is 0 Å². The van der Waals surface area contributed by atoms with Crippen LogP contribution in [0.2, 0.25) is 0 Å². The summed E-state index contributed by atoms with van der Waals surface area (Å²) in [6.07, 6.45) is 12.0. The number of benzene rings is 3. The number of phenolic OH excluding ortho intramolecular Hbond substituents is 3. The van der Waals surface area contributed by atoms with Crippen molar-refractivity contribution in [3.05, 3.63) is 88.5 Å². The Morgan fingerprint density at radius 3 is 1.35 bits per heavy atom. The van der Waals surface area contributed by atoms with Crippen molar-refractivity contribution in [3.8, 4) is 17.2 Å². The molecule has 3 aromatic carbocycles. The van der Waals surface area contributed by atoms with E-state index in [0.29, 0.717) is 23.3 Å². The zero-order valence-electron chi connectivity index (χ0n) is 19.9. The van der Waals surface area contributed by atoms with Gasteiger partial charge in [0.2, 0.25) is 0 Å². The van der Waals surface area contributed by atoms with Gasteiger partial charge in [-0.15, -0.1) is 0 Å². The van der Waals surface area contributed by atoms with E-state index in [4.69, 9.17) is 0 Å². The molecular formula is C31H36O3. The molecule has 3 N–H and O–H groups in total. The summed E-state index contributed by atoms with van der Waals surface area (Å²) in [7, 11) is 0. The lowest BCUT2D eigenvalue weighted by atomic mass is 9.78. The predicted octanol–water partition coefficient (Wildman–Crippen LogP) is 8.08. The minimum atomic E-state index is -0.0357. The van der Waals surface area contributed by atoms with E-state index < -0.39 is 0 Å². The van der Waals surface area contributed by atoms with Crippen LogP contribution < -0.4 is 0 Å². The second-order valence-electron chi connectivity index (χ2n) is 10.3. The third kappa shape index (κ3) is 4.80. The van der Waals surface area contributed by atoms with E-state index in [-0.39, 0.29) is 11.7 Å². The fourth-order valence-corrected chi connectivity index (χ4v) is 6.23. The first kappa shape index (κ1) is 22.8. The highest BCUT2D eigenvalue weighted by Crippen LogP contribution is 2.43. The first-order valence-corrected chi connectivity index (χ1v) is 13.0. The number of aromatic hydroxyl groups is 3. The van der Waals surface area contributed by atoms with Gasteiger partial charge >= 0.3 is 0 Å². The van der Waals surface area contributed by atoms with Crippen molar-refractivity contribution in [1.29, 1.82) is 0 Å². The summed E-state index contributed by atoms with van der Waals surface area (Å²) >= 11 is 0. The van der Waals surface area contributed by atoms with Gasteiger partial charge in [0.25, 0.3) is 0 Å². The molecule has 0 aliphatic heterocycles. The number of rotatable bonds is 5. The van der Waals surface area contributed by atoms with E-state index >= 15 is 0 Å². The first-order valence-electron chi connectivity index (χ1n) is 13.0. The zero-order chi connectivity index (χ0) is 23.5. The van der Waals surface area contributed by atoms with E-state index in [9.17, 15) is 15.3 Å². The Kier molecular flexibility index (Phi) is 6.80. The second-order valence-corrected chi connectivity index (χ2v) is 10.3. The van der Waals surface area contributed by atoms with Crippen LogP contribution in [0, 0.1) is 0 Å². The number of hydrogen-bond donors (Lipinski definition) is 3. The lowest BCUT2D eigenvalue weighted by Crippen LogP contribution is -2.09. The minimum Gasteiger partial charge on any atom is -0.508 e. The van der Waals surface area contributed by atoms with Crippen LogP contribution in [0.4, 0.5) is 0 Å². The largest absolute Gasteiger partial charge is 0.508 e. The van der Waals surface area contributed by atoms with Gasteiger partial charge in [0.1, 0.15) is 17.2 Å². The van der Waals surface area contributed by atoms with Crippen LogP contribution in [0.1, 0.15) is 110 Å². The molecule has 2 fully saturated rings. The van der Waals surface area contributed by atoms with Gasteiger partial charge in [0.05, 0.1) is 0 Å². The number of hydrogen-bond acceptors (Lipinski definition) is 3. The van der Waals surface area contributed by atoms with E-state index in [1.165, 1.54) is 38.5 Å². The summed E-state index contributed by atoms with van der Waals surface area (Å²) in [5.74, 6) is 1.83. The summed E-state index contributed by atoms with van der Waals surface area (Å²) in [4.78, 5) is 0. The van der Waals surface area contributed by atoms with Gasteiger partial charge in [-0.1, -0.05) is 74.9 Å². The van der Waals surface area contributed by atoms with E-state index in [1.807, 2.05) is 36.4 Å². The highest BCUT2D eigenvalue weighted by atomic mass is 16.3. The Labute approximate surface area is 203 Å². The molecule has 0 aromatic heterocycles. The molecule has 5 rings (SSSR count). The summed E-state index contributed by atoms with van der Waals surface area (Å²) in [5.41, 5.74) is 5.51. The lowest BCUT2D eigenvalue weighted by Gasteiger charge is -2.27. The second kappa shape index (κ2) is 10.1. The molecule has 2 aliphatic rings. The van der Waals surface area contributed by atoms with Gasteiger partial charge < -0.3 is 15.3 Å². The fourth-order valence-electron chi connectivity index (χ4n) is 6.23. The quantitative estimate of drug-likeness (QED) is 0.340. The van der Waals surface area contributed by atoms with Crippen LogP contribution in [-0.4, -0.2) is 15.3 Å². The van der Waals surface area contributed by atoms with Gasteiger partial charge in [-0.2, -0.15) is 0 Å². The summed E-state index contributed by atoms with van der Waals surface area (Å²) < 4.78 is 0. The van der Waals surface area contributed by atoms with E-state index in [0.717, 1.165) is 53.5 Å². The predicted molar refractivity (Wildman–Crippen MR) is 137 cm³/mol. The van der Waals surface area contributed by atoms with Crippen molar-refractivity contribution in [2.45, 2.75) is 82.0 Å². The zero-order valence-corrected chi connectivity index (χ0v) is 19.9. The van der Waals surface area contributed by atoms with Crippen LogP contribution in [0.5, 0.6) is 17.2 Å². The summed E-state index contributed by atoms with van der Waals surface area (Å²) in [5, 5.41) is 31.4. The normalized spacial score (nSPS) is 17.8. The molecule has 0 saturated heterocycles. The lowest BCUT2D eigenvalue weighted by molar-refractivity contribution is 0.413. The molecule has 2 aliphatic carbocycles.